The Labute approximate surface area is 116 Å². The van der Waals surface area contributed by atoms with Crippen LogP contribution in [0.25, 0.3) is 0 Å². The van der Waals surface area contributed by atoms with Crippen molar-refractivity contribution < 1.29 is 0 Å². The molecule has 5 nitrogen and oxygen atoms in total. The van der Waals surface area contributed by atoms with Gasteiger partial charge in [0.1, 0.15) is 11.6 Å². The summed E-state index contributed by atoms with van der Waals surface area (Å²) in [6.45, 7) is 0.538. The third kappa shape index (κ3) is 2.86. The zero-order chi connectivity index (χ0) is 13.9. The SMILES string of the molecule is N#Cc1cccc(CNc2cc(=O)[nH]c(C3CC3)n2)c1. The molecule has 1 aromatic heterocycles. The lowest BCUT2D eigenvalue weighted by Gasteiger charge is -2.07. The van der Waals surface area contributed by atoms with Gasteiger partial charge in [-0.3, -0.25) is 4.79 Å². The second-order valence-corrected chi connectivity index (χ2v) is 4.96. The van der Waals surface area contributed by atoms with Crippen LogP contribution >= 0.6 is 0 Å². The van der Waals surface area contributed by atoms with E-state index in [-0.39, 0.29) is 5.56 Å². The fourth-order valence-corrected chi connectivity index (χ4v) is 2.06. The number of hydrogen-bond acceptors (Lipinski definition) is 4. The molecule has 0 amide bonds. The Morgan fingerprint density at radius 3 is 3.00 bits per heavy atom. The van der Waals surface area contributed by atoms with Gasteiger partial charge in [0.05, 0.1) is 11.6 Å². The number of nitrogens with one attached hydrogen (secondary N) is 2. The first-order chi connectivity index (χ1) is 9.74. The molecule has 1 aliphatic rings. The summed E-state index contributed by atoms with van der Waals surface area (Å²) in [5.74, 6) is 1.76. The van der Waals surface area contributed by atoms with Crippen molar-refractivity contribution in [3.63, 3.8) is 0 Å². The maximum Gasteiger partial charge on any atom is 0.252 e. The molecule has 1 heterocycles. The number of nitrogens with zero attached hydrogens (tertiary/aromatic N) is 2. The van der Waals surface area contributed by atoms with Crippen molar-refractivity contribution in [2.24, 2.45) is 0 Å². The maximum absolute atomic E-state index is 11.6. The Balaban J connectivity index is 1.74. The molecule has 0 saturated heterocycles. The van der Waals surface area contributed by atoms with Crippen molar-refractivity contribution in [1.82, 2.24) is 9.97 Å². The van der Waals surface area contributed by atoms with E-state index in [1.807, 2.05) is 18.2 Å². The van der Waals surface area contributed by atoms with Crippen LogP contribution in [0.2, 0.25) is 0 Å². The number of aromatic nitrogens is 2. The third-order valence-corrected chi connectivity index (χ3v) is 3.25. The molecule has 2 aromatic rings. The summed E-state index contributed by atoms with van der Waals surface area (Å²) in [7, 11) is 0. The minimum absolute atomic E-state index is 0.129. The van der Waals surface area contributed by atoms with Crippen molar-refractivity contribution in [2.45, 2.75) is 25.3 Å². The molecule has 0 atom stereocenters. The van der Waals surface area contributed by atoms with Crippen molar-refractivity contribution in [1.29, 1.82) is 5.26 Å². The van der Waals surface area contributed by atoms with E-state index in [1.165, 1.54) is 6.07 Å². The molecule has 100 valence electrons. The molecule has 5 heteroatoms. The van der Waals surface area contributed by atoms with Crippen molar-refractivity contribution in [3.8, 4) is 6.07 Å². The summed E-state index contributed by atoms with van der Waals surface area (Å²) >= 11 is 0. The Kier molecular flexibility index (Phi) is 3.21. The van der Waals surface area contributed by atoms with Gasteiger partial charge in [0, 0.05) is 18.5 Å². The minimum atomic E-state index is -0.129. The highest BCUT2D eigenvalue weighted by molar-refractivity contribution is 5.38. The Hall–Kier alpha value is -2.61. The van der Waals surface area contributed by atoms with Gasteiger partial charge in [0.15, 0.2) is 0 Å². The first-order valence-electron chi connectivity index (χ1n) is 6.59. The van der Waals surface area contributed by atoms with E-state index in [9.17, 15) is 4.79 Å². The highest BCUT2D eigenvalue weighted by atomic mass is 16.1. The first-order valence-corrected chi connectivity index (χ1v) is 6.59. The second-order valence-electron chi connectivity index (χ2n) is 4.96. The molecular weight excluding hydrogens is 252 g/mol. The van der Waals surface area contributed by atoms with Gasteiger partial charge in [0.2, 0.25) is 0 Å². The number of anilines is 1. The molecule has 0 radical (unpaired) electrons. The summed E-state index contributed by atoms with van der Waals surface area (Å²) in [5, 5.41) is 12.0. The second kappa shape index (κ2) is 5.17. The third-order valence-electron chi connectivity index (χ3n) is 3.25. The van der Waals surface area contributed by atoms with Crippen LogP contribution in [0.4, 0.5) is 5.82 Å². The first kappa shape index (κ1) is 12.4. The molecule has 0 unspecified atom stereocenters. The van der Waals surface area contributed by atoms with Crippen LogP contribution in [0.1, 0.15) is 35.7 Å². The standard InChI is InChI=1S/C15H14N4O/c16-8-10-2-1-3-11(6-10)9-17-13-7-14(20)19-15(18-13)12-4-5-12/h1-3,6-7,12H,4-5,9H2,(H2,17,18,19,20). The molecule has 0 aliphatic heterocycles. The molecule has 1 aliphatic carbocycles. The molecule has 0 spiro atoms. The number of benzene rings is 1. The summed E-state index contributed by atoms with van der Waals surface area (Å²) in [6.07, 6.45) is 2.19. The topological polar surface area (TPSA) is 81.6 Å². The molecule has 20 heavy (non-hydrogen) atoms. The summed E-state index contributed by atoms with van der Waals surface area (Å²) in [4.78, 5) is 18.8. The fraction of sp³-hybridized carbons (Fsp3) is 0.267. The van der Waals surface area contributed by atoms with Gasteiger partial charge in [-0.05, 0) is 30.5 Å². The van der Waals surface area contributed by atoms with Gasteiger partial charge < -0.3 is 10.3 Å². The summed E-state index contributed by atoms with van der Waals surface area (Å²) < 4.78 is 0. The molecule has 2 N–H and O–H groups in total. The quantitative estimate of drug-likeness (QED) is 0.888. The van der Waals surface area contributed by atoms with Gasteiger partial charge in [0.25, 0.3) is 5.56 Å². The Morgan fingerprint density at radius 1 is 1.40 bits per heavy atom. The van der Waals surface area contributed by atoms with Gasteiger partial charge >= 0.3 is 0 Å². The van der Waals surface area contributed by atoms with E-state index in [2.05, 4.69) is 21.4 Å². The van der Waals surface area contributed by atoms with Crippen LogP contribution < -0.4 is 10.9 Å². The van der Waals surface area contributed by atoms with E-state index in [1.54, 1.807) is 6.07 Å². The van der Waals surface area contributed by atoms with Crippen LogP contribution in [0.3, 0.4) is 0 Å². The van der Waals surface area contributed by atoms with Crippen LogP contribution in [-0.2, 0) is 6.54 Å². The molecule has 1 aromatic carbocycles. The van der Waals surface area contributed by atoms with Gasteiger partial charge in [-0.15, -0.1) is 0 Å². The number of H-pyrrole nitrogens is 1. The lowest BCUT2D eigenvalue weighted by atomic mass is 10.1. The molecular formula is C15H14N4O. The highest BCUT2D eigenvalue weighted by Gasteiger charge is 2.26. The predicted molar refractivity (Wildman–Crippen MR) is 75.3 cm³/mol. The zero-order valence-electron chi connectivity index (χ0n) is 10.9. The van der Waals surface area contributed by atoms with Crippen molar-refractivity contribution >= 4 is 5.82 Å². The van der Waals surface area contributed by atoms with Crippen molar-refractivity contribution in [3.05, 3.63) is 57.6 Å². The fourth-order valence-electron chi connectivity index (χ4n) is 2.06. The molecule has 0 bridgehead atoms. The van der Waals surface area contributed by atoms with Crippen LogP contribution in [0.15, 0.2) is 35.1 Å². The number of hydrogen-bond donors (Lipinski definition) is 2. The van der Waals surface area contributed by atoms with E-state index in [0.29, 0.717) is 23.8 Å². The largest absolute Gasteiger partial charge is 0.366 e. The lowest BCUT2D eigenvalue weighted by Crippen LogP contribution is -2.13. The molecule has 3 rings (SSSR count). The van der Waals surface area contributed by atoms with Crippen LogP contribution in [0.5, 0.6) is 0 Å². The van der Waals surface area contributed by atoms with Gasteiger partial charge in [-0.1, -0.05) is 12.1 Å². The number of aromatic amines is 1. The summed E-state index contributed by atoms with van der Waals surface area (Å²) in [5.41, 5.74) is 1.48. The number of nitriles is 1. The van der Waals surface area contributed by atoms with E-state index in [0.717, 1.165) is 24.2 Å². The minimum Gasteiger partial charge on any atom is -0.366 e. The van der Waals surface area contributed by atoms with E-state index < -0.39 is 0 Å². The zero-order valence-corrected chi connectivity index (χ0v) is 10.9. The maximum atomic E-state index is 11.6. The molecule has 1 fully saturated rings. The average molecular weight is 266 g/mol. The van der Waals surface area contributed by atoms with Crippen LogP contribution in [-0.4, -0.2) is 9.97 Å². The average Bonchev–Trinajstić information content (AvgIpc) is 3.29. The predicted octanol–water partition coefficient (Wildman–Crippen LogP) is 2.13. The monoisotopic (exact) mass is 266 g/mol. The van der Waals surface area contributed by atoms with E-state index in [4.69, 9.17) is 5.26 Å². The lowest BCUT2D eigenvalue weighted by molar-refractivity contribution is 0.903. The van der Waals surface area contributed by atoms with Crippen LogP contribution in [0, 0.1) is 11.3 Å². The normalized spacial score (nSPS) is 13.8. The highest BCUT2D eigenvalue weighted by Crippen LogP contribution is 2.37. The van der Waals surface area contributed by atoms with Crippen molar-refractivity contribution in [2.75, 3.05) is 5.32 Å². The smallest absolute Gasteiger partial charge is 0.252 e. The van der Waals surface area contributed by atoms with Gasteiger partial charge in [-0.25, -0.2) is 4.98 Å². The van der Waals surface area contributed by atoms with E-state index >= 15 is 0 Å². The number of rotatable bonds is 4. The Bertz CT molecular complexity index is 725. The molecule has 1 saturated carbocycles. The van der Waals surface area contributed by atoms with Gasteiger partial charge in [-0.2, -0.15) is 5.26 Å². The summed E-state index contributed by atoms with van der Waals surface area (Å²) in [6, 6.07) is 10.9. The Morgan fingerprint density at radius 2 is 2.25 bits per heavy atom.